The van der Waals surface area contributed by atoms with E-state index in [4.69, 9.17) is 15.1 Å². The van der Waals surface area contributed by atoms with Crippen molar-refractivity contribution in [1.29, 1.82) is 0 Å². The Balaban J connectivity index is 1.63. The van der Waals surface area contributed by atoms with Gasteiger partial charge in [-0.15, -0.1) is 11.3 Å². The lowest BCUT2D eigenvalue weighted by atomic mass is 10.1. The van der Waals surface area contributed by atoms with E-state index in [0.717, 1.165) is 57.3 Å². The van der Waals surface area contributed by atoms with Gasteiger partial charge in [0.2, 0.25) is 0 Å². The fourth-order valence-electron chi connectivity index (χ4n) is 4.48. The van der Waals surface area contributed by atoms with Crippen LogP contribution in [0.1, 0.15) is 44.7 Å². The summed E-state index contributed by atoms with van der Waals surface area (Å²) in [6, 6.07) is 2.68. The summed E-state index contributed by atoms with van der Waals surface area (Å²) in [6.45, 7) is 6.63. The van der Waals surface area contributed by atoms with Gasteiger partial charge >= 0.3 is 0 Å². The van der Waals surface area contributed by atoms with Crippen molar-refractivity contribution < 1.29 is 5.11 Å². The number of imidazole rings is 1. The third kappa shape index (κ3) is 3.69. The number of aryl methyl sites for hydroxylation is 2. The Kier molecular flexibility index (Phi) is 5.46. The molecule has 0 spiro atoms. The van der Waals surface area contributed by atoms with Gasteiger partial charge in [0.25, 0.3) is 0 Å². The molecular weight excluding hydrogens is 422 g/mol. The third-order valence-electron chi connectivity index (χ3n) is 6.32. The number of anilines is 1. The smallest absolute Gasteiger partial charge is 0.199 e. The lowest BCUT2D eigenvalue weighted by molar-refractivity contribution is 0.229. The Hall–Kier alpha value is -2.78. The van der Waals surface area contributed by atoms with E-state index in [-0.39, 0.29) is 6.61 Å². The molecule has 4 heterocycles. The predicted octanol–water partition coefficient (Wildman–Crippen LogP) is 4.42. The normalized spacial score (nSPS) is 18.8. The van der Waals surface area contributed by atoms with Crippen LogP contribution in [0.3, 0.4) is 0 Å². The lowest BCUT2D eigenvalue weighted by Gasteiger charge is -2.15. The van der Waals surface area contributed by atoms with Gasteiger partial charge in [-0.05, 0) is 57.6 Å². The van der Waals surface area contributed by atoms with E-state index in [1.54, 1.807) is 17.5 Å². The molecular formula is C23H29N7OS. The first-order valence-electron chi connectivity index (χ1n) is 11.2. The molecule has 1 fully saturated rings. The predicted molar refractivity (Wildman–Crippen MR) is 128 cm³/mol. The van der Waals surface area contributed by atoms with Crippen LogP contribution >= 0.6 is 11.3 Å². The average molecular weight is 452 g/mol. The summed E-state index contributed by atoms with van der Waals surface area (Å²) in [4.78, 5) is 16.4. The van der Waals surface area contributed by atoms with E-state index in [2.05, 4.69) is 37.1 Å². The summed E-state index contributed by atoms with van der Waals surface area (Å²) in [6.07, 6.45) is 8.72. The summed E-state index contributed by atoms with van der Waals surface area (Å²) < 4.78 is 3.92. The van der Waals surface area contributed by atoms with Crippen molar-refractivity contribution in [2.45, 2.75) is 52.1 Å². The van der Waals surface area contributed by atoms with E-state index < -0.39 is 0 Å². The van der Waals surface area contributed by atoms with Gasteiger partial charge in [-0.25, -0.2) is 15.0 Å². The van der Waals surface area contributed by atoms with E-state index in [1.807, 2.05) is 28.7 Å². The minimum atomic E-state index is 0.246. The Morgan fingerprint density at radius 3 is 2.75 bits per heavy atom. The summed E-state index contributed by atoms with van der Waals surface area (Å²) in [7, 11) is 1.95. The molecule has 168 valence electrons. The molecule has 0 saturated heterocycles. The van der Waals surface area contributed by atoms with Crippen LogP contribution in [-0.2, 0) is 7.05 Å². The van der Waals surface area contributed by atoms with Crippen molar-refractivity contribution >= 4 is 27.4 Å². The SMILES string of the molecule is Cc1c(-c2ccn(C(C)C)n2)sc2nc(-c3nccn3C)nc(N[C@@H]3CC[C@@H](CO)C3)c12. The summed E-state index contributed by atoms with van der Waals surface area (Å²) in [5.41, 5.74) is 2.11. The van der Waals surface area contributed by atoms with Crippen LogP contribution < -0.4 is 5.32 Å². The molecule has 5 rings (SSSR count). The fourth-order valence-corrected chi connectivity index (χ4v) is 5.63. The highest BCUT2D eigenvalue weighted by atomic mass is 32.1. The largest absolute Gasteiger partial charge is 0.396 e. The van der Waals surface area contributed by atoms with Crippen molar-refractivity contribution in [2.24, 2.45) is 13.0 Å². The molecule has 0 unspecified atom stereocenters. The highest BCUT2D eigenvalue weighted by Crippen LogP contribution is 2.41. The third-order valence-corrected chi connectivity index (χ3v) is 7.53. The standard InChI is InChI=1S/C23H29N7OS/c1-13(2)30-9-7-17(28-30)19-14(3)18-20(25-16-6-5-15(11-16)12-31)26-21(27-23(18)32-19)22-24-8-10-29(22)4/h7-10,13,15-16,31H,5-6,11-12H2,1-4H3,(H,25,26,27)/t15-,16-/m1/s1. The molecule has 0 bridgehead atoms. The summed E-state index contributed by atoms with van der Waals surface area (Å²) in [5.74, 6) is 2.56. The Labute approximate surface area is 191 Å². The number of aliphatic hydroxyl groups excluding tert-OH is 1. The van der Waals surface area contributed by atoms with Gasteiger partial charge in [0.05, 0.1) is 10.3 Å². The van der Waals surface area contributed by atoms with Crippen molar-refractivity contribution in [3.05, 3.63) is 30.2 Å². The van der Waals surface area contributed by atoms with Gasteiger partial charge in [-0.1, -0.05) is 0 Å². The van der Waals surface area contributed by atoms with Gasteiger partial charge in [-0.3, -0.25) is 4.68 Å². The topological polar surface area (TPSA) is 93.7 Å². The first kappa shape index (κ1) is 21.1. The van der Waals surface area contributed by atoms with Gasteiger partial charge < -0.3 is 15.0 Å². The minimum Gasteiger partial charge on any atom is -0.396 e. The van der Waals surface area contributed by atoms with Gasteiger partial charge in [-0.2, -0.15) is 5.10 Å². The van der Waals surface area contributed by atoms with Crippen LogP contribution in [0.4, 0.5) is 5.82 Å². The number of aromatic nitrogens is 6. The molecule has 2 atom stereocenters. The molecule has 2 N–H and O–H groups in total. The van der Waals surface area contributed by atoms with Crippen LogP contribution in [0.5, 0.6) is 0 Å². The number of rotatable bonds is 6. The molecule has 8 nitrogen and oxygen atoms in total. The van der Waals surface area contributed by atoms with Crippen molar-refractivity contribution in [3.8, 4) is 22.2 Å². The Morgan fingerprint density at radius 2 is 2.09 bits per heavy atom. The monoisotopic (exact) mass is 451 g/mol. The summed E-state index contributed by atoms with van der Waals surface area (Å²) in [5, 5.41) is 19.1. The highest BCUT2D eigenvalue weighted by molar-refractivity contribution is 7.22. The number of aliphatic hydroxyl groups is 1. The maximum Gasteiger partial charge on any atom is 0.199 e. The van der Waals surface area contributed by atoms with Gasteiger partial charge in [0, 0.05) is 44.3 Å². The molecule has 0 radical (unpaired) electrons. The highest BCUT2D eigenvalue weighted by Gasteiger charge is 2.27. The zero-order valence-corrected chi connectivity index (χ0v) is 19.7. The number of hydrogen-bond acceptors (Lipinski definition) is 7. The number of nitrogens with one attached hydrogen (secondary N) is 1. The summed E-state index contributed by atoms with van der Waals surface area (Å²) >= 11 is 1.65. The second-order valence-electron chi connectivity index (χ2n) is 8.97. The average Bonchev–Trinajstić information content (AvgIpc) is 3.54. The van der Waals surface area contributed by atoms with E-state index in [1.165, 1.54) is 0 Å². The van der Waals surface area contributed by atoms with Crippen molar-refractivity contribution in [3.63, 3.8) is 0 Å². The van der Waals surface area contributed by atoms with Crippen LogP contribution in [0.15, 0.2) is 24.7 Å². The molecule has 1 aliphatic rings. The Morgan fingerprint density at radius 1 is 1.25 bits per heavy atom. The Bertz CT molecular complexity index is 1250. The van der Waals surface area contributed by atoms with Crippen LogP contribution in [0.25, 0.3) is 32.4 Å². The molecule has 0 aromatic carbocycles. The van der Waals surface area contributed by atoms with Crippen LogP contribution in [0.2, 0.25) is 0 Å². The second kappa shape index (κ2) is 8.29. The number of fused-ring (bicyclic) bond motifs is 1. The van der Waals surface area contributed by atoms with Gasteiger partial charge in [0.15, 0.2) is 11.6 Å². The molecule has 4 aromatic rings. The molecule has 0 aliphatic heterocycles. The number of thiophene rings is 1. The molecule has 32 heavy (non-hydrogen) atoms. The maximum atomic E-state index is 9.56. The molecule has 4 aromatic heterocycles. The molecule has 1 aliphatic carbocycles. The first-order valence-corrected chi connectivity index (χ1v) is 12.0. The maximum absolute atomic E-state index is 9.56. The molecule has 0 amide bonds. The van der Waals surface area contributed by atoms with Gasteiger partial charge in [0.1, 0.15) is 16.3 Å². The van der Waals surface area contributed by atoms with E-state index in [0.29, 0.717) is 23.8 Å². The number of nitrogens with zero attached hydrogens (tertiary/aromatic N) is 6. The second-order valence-corrected chi connectivity index (χ2v) is 9.97. The number of hydrogen-bond donors (Lipinski definition) is 2. The molecule has 9 heteroatoms. The van der Waals surface area contributed by atoms with E-state index in [9.17, 15) is 5.11 Å². The first-order chi connectivity index (χ1) is 15.4. The quantitative estimate of drug-likeness (QED) is 0.451. The molecule has 1 saturated carbocycles. The zero-order valence-electron chi connectivity index (χ0n) is 18.9. The zero-order chi connectivity index (χ0) is 22.4. The lowest BCUT2D eigenvalue weighted by Crippen LogP contribution is -2.18. The fraction of sp³-hybridized carbons (Fsp3) is 0.478. The minimum absolute atomic E-state index is 0.246. The van der Waals surface area contributed by atoms with Crippen molar-refractivity contribution in [1.82, 2.24) is 29.3 Å². The van der Waals surface area contributed by atoms with Crippen LogP contribution in [0, 0.1) is 12.8 Å². The van der Waals surface area contributed by atoms with Crippen molar-refractivity contribution in [2.75, 3.05) is 11.9 Å². The van der Waals surface area contributed by atoms with E-state index >= 15 is 0 Å². The van der Waals surface area contributed by atoms with Crippen LogP contribution in [-0.4, -0.2) is 47.1 Å².